The van der Waals surface area contributed by atoms with Gasteiger partial charge in [-0.2, -0.15) is 0 Å². The largest absolute Gasteiger partial charge is 0.368 e. The number of nitrogens with one attached hydrogen (secondary N) is 2. The zero-order chi connectivity index (χ0) is 22.2. The summed E-state index contributed by atoms with van der Waals surface area (Å²) in [6.07, 6.45) is 5.20. The molecule has 2 aliphatic rings. The zero-order valence-electron chi connectivity index (χ0n) is 17.9. The summed E-state index contributed by atoms with van der Waals surface area (Å²) in [6, 6.07) is 5.53. The molecule has 2 N–H and O–H groups in total. The number of aromatic nitrogens is 4. The van der Waals surface area contributed by atoms with Crippen molar-refractivity contribution in [3.63, 3.8) is 0 Å². The third-order valence-electron chi connectivity index (χ3n) is 6.09. The molecule has 10 heteroatoms. The van der Waals surface area contributed by atoms with Crippen LogP contribution < -0.4 is 21.5 Å². The number of aromatic amines is 1. The SMILES string of the molecule is CNC(=O)c1ccc(N2CCN(Cc3cnc4c(=O)n(C5CC5)c(=O)[nH]c4c3)CC2)cn1. The Labute approximate surface area is 183 Å². The summed E-state index contributed by atoms with van der Waals surface area (Å²) in [5.74, 6) is -0.196. The summed E-state index contributed by atoms with van der Waals surface area (Å²) in [4.78, 5) is 52.6. The van der Waals surface area contributed by atoms with Crippen molar-refractivity contribution < 1.29 is 4.79 Å². The van der Waals surface area contributed by atoms with E-state index >= 15 is 0 Å². The molecule has 5 rings (SSSR count). The number of hydrogen-bond donors (Lipinski definition) is 2. The zero-order valence-corrected chi connectivity index (χ0v) is 17.9. The van der Waals surface area contributed by atoms with E-state index < -0.39 is 0 Å². The second kappa shape index (κ2) is 8.19. The van der Waals surface area contributed by atoms with E-state index in [0.29, 0.717) is 23.3 Å². The summed E-state index contributed by atoms with van der Waals surface area (Å²) in [7, 11) is 1.59. The normalized spacial score (nSPS) is 17.0. The first-order valence-corrected chi connectivity index (χ1v) is 10.8. The second-order valence-electron chi connectivity index (χ2n) is 8.32. The number of carbonyl (C=O) groups is 1. The van der Waals surface area contributed by atoms with Crippen molar-refractivity contribution in [1.82, 2.24) is 29.7 Å². The maximum absolute atomic E-state index is 12.6. The van der Waals surface area contributed by atoms with Gasteiger partial charge in [0.15, 0.2) is 5.52 Å². The minimum Gasteiger partial charge on any atom is -0.368 e. The molecule has 1 saturated heterocycles. The van der Waals surface area contributed by atoms with Gasteiger partial charge in [0.25, 0.3) is 11.5 Å². The maximum Gasteiger partial charge on any atom is 0.329 e. The van der Waals surface area contributed by atoms with Crippen LogP contribution in [0.25, 0.3) is 11.0 Å². The molecule has 2 fully saturated rings. The lowest BCUT2D eigenvalue weighted by Gasteiger charge is -2.36. The number of carbonyl (C=O) groups excluding carboxylic acids is 1. The van der Waals surface area contributed by atoms with Crippen LogP contribution in [0.5, 0.6) is 0 Å². The first-order valence-electron chi connectivity index (χ1n) is 10.8. The highest BCUT2D eigenvalue weighted by atomic mass is 16.2. The van der Waals surface area contributed by atoms with Crippen molar-refractivity contribution in [3.05, 3.63) is 62.7 Å². The number of anilines is 1. The Morgan fingerprint density at radius 2 is 1.91 bits per heavy atom. The van der Waals surface area contributed by atoms with E-state index in [2.05, 4.69) is 30.1 Å². The van der Waals surface area contributed by atoms with E-state index in [0.717, 1.165) is 50.3 Å². The highest BCUT2D eigenvalue weighted by molar-refractivity contribution is 5.92. The highest BCUT2D eigenvalue weighted by Crippen LogP contribution is 2.32. The van der Waals surface area contributed by atoms with Gasteiger partial charge in [0.05, 0.1) is 17.4 Å². The number of amides is 1. The Hall–Kier alpha value is -3.53. The Morgan fingerprint density at radius 1 is 1.12 bits per heavy atom. The van der Waals surface area contributed by atoms with Crippen LogP contribution in [0.2, 0.25) is 0 Å². The van der Waals surface area contributed by atoms with Crippen molar-refractivity contribution in [1.29, 1.82) is 0 Å². The van der Waals surface area contributed by atoms with Gasteiger partial charge < -0.3 is 15.2 Å². The number of hydrogen-bond acceptors (Lipinski definition) is 7. The minimum absolute atomic E-state index is 0.0172. The molecule has 1 aliphatic carbocycles. The summed E-state index contributed by atoms with van der Waals surface area (Å²) in [6.45, 7) is 4.08. The van der Waals surface area contributed by atoms with Gasteiger partial charge in [0.2, 0.25) is 0 Å². The molecule has 3 aromatic rings. The average molecular weight is 435 g/mol. The van der Waals surface area contributed by atoms with Gasteiger partial charge in [-0.3, -0.25) is 19.1 Å². The third kappa shape index (κ3) is 3.89. The minimum atomic E-state index is -0.353. The van der Waals surface area contributed by atoms with Gasteiger partial charge in [0, 0.05) is 52.0 Å². The molecule has 0 aromatic carbocycles. The second-order valence-corrected chi connectivity index (χ2v) is 8.32. The number of nitrogens with zero attached hydrogens (tertiary/aromatic N) is 5. The van der Waals surface area contributed by atoms with E-state index in [1.807, 2.05) is 12.1 Å². The predicted molar refractivity (Wildman–Crippen MR) is 120 cm³/mol. The maximum atomic E-state index is 12.6. The van der Waals surface area contributed by atoms with E-state index in [-0.39, 0.29) is 23.2 Å². The molecule has 10 nitrogen and oxygen atoms in total. The van der Waals surface area contributed by atoms with Crippen LogP contribution >= 0.6 is 0 Å². The number of rotatable bonds is 5. The van der Waals surface area contributed by atoms with Crippen LogP contribution in [0.1, 0.15) is 34.9 Å². The van der Waals surface area contributed by atoms with E-state index in [9.17, 15) is 14.4 Å². The molecule has 0 unspecified atom stereocenters. The fraction of sp³-hybridized carbons (Fsp3) is 0.409. The molecule has 0 radical (unpaired) electrons. The molecule has 1 saturated carbocycles. The van der Waals surface area contributed by atoms with E-state index in [4.69, 9.17) is 0 Å². The monoisotopic (exact) mass is 435 g/mol. The van der Waals surface area contributed by atoms with Gasteiger partial charge in [-0.25, -0.2) is 14.8 Å². The molecule has 1 aliphatic heterocycles. The van der Waals surface area contributed by atoms with Gasteiger partial charge in [-0.05, 0) is 36.6 Å². The molecule has 0 atom stereocenters. The Bertz CT molecular complexity index is 1270. The molecule has 3 aromatic heterocycles. The van der Waals surface area contributed by atoms with Crippen molar-refractivity contribution in [2.24, 2.45) is 0 Å². The molecule has 32 heavy (non-hydrogen) atoms. The first kappa shape index (κ1) is 20.4. The Balaban J connectivity index is 1.25. The summed E-state index contributed by atoms with van der Waals surface area (Å²) in [5.41, 5.74) is 2.51. The van der Waals surface area contributed by atoms with Gasteiger partial charge in [-0.1, -0.05) is 0 Å². The van der Waals surface area contributed by atoms with Crippen LogP contribution in [0, 0.1) is 0 Å². The van der Waals surface area contributed by atoms with Crippen molar-refractivity contribution in [3.8, 4) is 0 Å². The summed E-state index contributed by atoms with van der Waals surface area (Å²) in [5, 5.41) is 2.57. The summed E-state index contributed by atoms with van der Waals surface area (Å²) < 4.78 is 1.30. The number of piperazine rings is 1. The number of fused-ring (bicyclic) bond motifs is 1. The highest BCUT2D eigenvalue weighted by Gasteiger charge is 2.28. The number of H-pyrrole nitrogens is 1. The third-order valence-corrected chi connectivity index (χ3v) is 6.09. The van der Waals surface area contributed by atoms with E-state index in [1.165, 1.54) is 4.57 Å². The Kier molecular flexibility index (Phi) is 5.22. The molecule has 4 heterocycles. The van der Waals surface area contributed by atoms with Crippen LogP contribution in [0.4, 0.5) is 5.69 Å². The average Bonchev–Trinajstić information content (AvgIpc) is 3.64. The fourth-order valence-corrected chi connectivity index (χ4v) is 4.16. The molecular formula is C22H25N7O3. The molecule has 166 valence electrons. The van der Waals surface area contributed by atoms with Crippen LogP contribution in [0.15, 0.2) is 40.2 Å². The van der Waals surface area contributed by atoms with Gasteiger partial charge >= 0.3 is 5.69 Å². The number of pyridine rings is 2. The lowest BCUT2D eigenvalue weighted by molar-refractivity contribution is 0.0958. The molecular weight excluding hydrogens is 410 g/mol. The lowest BCUT2D eigenvalue weighted by Crippen LogP contribution is -2.46. The van der Waals surface area contributed by atoms with E-state index in [1.54, 1.807) is 25.5 Å². The van der Waals surface area contributed by atoms with Crippen LogP contribution in [-0.4, -0.2) is 63.6 Å². The van der Waals surface area contributed by atoms with Gasteiger partial charge in [-0.15, -0.1) is 0 Å². The van der Waals surface area contributed by atoms with Crippen LogP contribution in [0.3, 0.4) is 0 Å². The topological polar surface area (TPSA) is 116 Å². The molecule has 0 bridgehead atoms. The van der Waals surface area contributed by atoms with Crippen molar-refractivity contribution in [2.45, 2.75) is 25.4 Å². The van der Waals surface area contributed by atoms with Crippen molar-refractivity contribution >= 4 is 22.6 Å². The molecule has 1 amide bonds. The Morgan fingerprint density at radius 3 is 2.56 bits per heavy atom. The summed E-state index contributed by atoms with van der Waals surface area (Å²) >= 11 is 0. The first-order chi connectivity index (χ1) is 15.5. The smallest absolute Gasteiger partial charge is 0.329 e. The van der Waals surface area contributed by atoms with Gasteiger partial charge in [0.1, 0.15) is 5.69 Å². The van der Waals surface area contributed by atoms with Crippen LogP contribution in [-0.2, 0) is 6.54 Å². The fourth-order valence-electron chi connectivity index (χ4n) is 4.16. The lowest BCUT2D eigenvalue weighted by atomic mass is 10.2. The predicted octanol–water partition coefficient (Wildman–Crippen LogP) is 0.497. The molecule has 0 spiro atoms. The standard InChI is InChI=1S/C22H25N7O3/c1-23-20(30)17-5-4-16(12-24-17)28-8-6-27(7-9-28)13-14-10-18-19(25-11-14)21(31)29(15-2-3-15)22(32)26-18/h4-5,10-12,15H,2-3,6-9,13H2,1H3,(H,23,30)(H,26,32). The quantitative estimate of drug-likeness (QED) is 0.599. The van der Waals surface area contributed by atoms with Crippen molar-refractivity contribution in [2.75, 3.05) is 38.1 Å².